The van der Waals surface area contributed by atoms with E-state index in [9.17, 15) is 24.6 Å². The van der Waals surface area contributed by atoms with Crippen molar-refractivity contribution in [3.05, 3.63) is 72.8 Å². The maximum Gasteiger partial charge on any atom is 0.308 e. The Balaban J connectivity index is 1.63. The van der Waals surface area contributed by atoms with Crippen LogP contribution < -0.4 is 9.64 Å². The van der Waals surface area contributed by atoms with Crippen molar-refractivity contribution in [3.63, 3.8) is 0 Å². The molecule has 5 rings (SSSR count). The van der Waals surface area contributed by atoms with Crippen LogP contribution >= 0.6 is 11.8 Å². The third kappa shape index (κ3) is 3.92. The molecule has 3 heterocycles. The maximum atomic E-state index is 14.5. The molecule has 8 nitrogen and oxygen atoms in total. The molecule has 3 aliphatic rings. The van der Waals surface area contributed by atoms with Gasteiger partial charge in [-0.2, -0.15) is 0 Å². The number of carbonyl (C=O) groups is 3. The van der Waals surface area contributed by atoms with Crippen molar-refractivity contribution in [2.24, 2.45) is 11.8 Å². The highest BCUT2D eigenvalue weighted by molar-refractivity contribution is 8.02. The van der Waals surface area contributed by atoms with Crippen LogP contribution in [0.3, 0.4) is 0 Å². The summed E-state index contributed by atoms with van der Waals surface area (Å²) in [7, 11) is 1.56. The highest BCUT2D eigenvalue weighted by Crippen LogP contribution is 2.67. The fourth-order valence-electron chi connectivity index (χ4n) is 6.38. The van der Waals surface area contributed by atoms with Gasteiger partial charge in [0.2, 0.25) is 5.91 Å². The molecule has 0 aromatic heterocycles. The summed E-state index contributed by atoms with van der Waals surface area (Å²) in [6.07, 6.45) is 2.81. The van der Waals surface area contributed by atoms with Gasteiger partial charge in [-0.1, -0.05) is 36.4 Å². The lowest BCUT2D eigenvalue weighted by molar-refractivity contribution is -0.149. The number of rotatable bonds is 9. The van der Waals surface area contributed by atoms with Crippen LogP contribution in [-0.2, 0) is 14.4 Å². The lowest BCUT2D eigenvalue weighted by atomic mass is 9.71. The van der Waals surface area contributed by atoms with Crippen molar-refractivity contribution in [1.29, 1.82) is 0 Å². The average Bonchev–Trinajstić information content (AvgIpc) is 3.56. The Morgan fingerprint density at radius 1 is 1.24 bits per heavy atom. The highest BCUT2D eigenvalue weighted by Gasteiger charge is 2.74. The minimum absolute atomic E-state index is 0.204. The summed E-state index contributed by atoms with van der Waals surface area (Å²) < 4.78 is 4.38. The van der Waals surface area contributed by atoms with Crippen molar-refractivity contribution in [2.75, 3.05) is 25.2 Å². The van der Waals surface area contributed by atoms with Crippen LogP contribution in [0.1, 0.15) is 24.4 Å². The zero-order valence-corrected chi connectivity index (χ0v) is 21.3. The molecule has 1 spiro atoms. The zero-order chi connectivity index (χ0) is 26.3. The van der Waals surface area contributed by atoms with E-state index in [1.165, 1.54) is 16.7 Å². The monoisotopic (exact) mass is 522 g/mol. The fourth-order valence-corrected chi connectivity index (χ4v) is 8.57. The Bertz CT molecular complexity index is 1200. The molecule has 9 heteroatoms. The van der Waals surface area contributed by atoms with Gasteiger partial charge in [-0.15, -0.1) is 18.3 Å². The van der Waals surface area contributed by atoms with Crippen molar-refractivity contribution in [1.82, 2.24) is 4.90 Å². The minimum Gasteiger partial charge on any atom is -0.497 e. The molecule has 2 N–H and O–H groups in total. The molecule has 3 saturated heterocycles. The molecule has 2 bridgehead atoms. The van der Waals surface area contributed by atoms with E-state index in [-0.39, 0.29) is 23.6 Å². The smallest absolute Gasteiger partial charge is 0.308 e. The molecule has 0 aliphatic carbocycles. The van der Waals surface area contributed by atoms with Crippen LogP contribution in [0.15, 0.2) is 67.3 Å². The Morgan fingerprint density at radius 3 is 2.54 bits per heavy atom. The van der Waals surface area contributed by atoms with Crippen LogP contribution in [0.4, 0.5) is 5.69 Å². The Labute approximate surface area is 219 Å². The van der Waals surface area contributed by atoms with Gasteiger partial charge < -0.3 is 24.7 Å². The molecule has 0 saturated carbocycles. The second kappa shape index (κ2) is 9.87. The first-order valence-electron chi connectivity index (χ1n) is 12.3. The Morgan fingerprint density at radius 2 is 1.95 bits per heavy atom. The van der Waals surface area contributed by atoms with Gasteiger partial charge in [0, 0.05) is 17.5 Å². The number of anilines is 1. The Hall–Kier alpha value is -3.30. The predicted molar refractivity (Wildman–Crippen MR) is 140 cm³/mol. The summed E-state index contributed by atoms with van der Waals surface area (Å²) in [4.78, 5) is 44.0. The summed E-state index contributed by atoms with van der Waals surface area (Å²) >= 11 is 1.47. The maximum absolute atomic E-state index is 14.5. The molecule has 6 atom stereocenters. The first-order chi connectivity index (χ1) is 17.9. The first-order valence-corrected chi connectivity index (χ1v) is 13.2. The number of carbonyl (C=O) groups excluding carboxylic acids is 2. The number of hydrogen-bond donors (Lipinski definition) is 2. The summed E-state index contributed by atoms with van der Waals surface area (Å²) in [5.74, 6) is -2.75. The van der Waals surface area contributed by atoms with Gasteiger partial charge in [-0.25, -0.2) is 0 Å². The zero-order valence-electron chi connectivity index (χ0n) is 20.5. The number of aliphatic hydroxyl groups excluding tert-OH is 1. The van der Waals surface area contributed by atoms with Gasteiger partial charge in [0.25, 0.3) is 5.91 Å². The molecule has 194 valence electrons. The van der Waals surface area contributed by atoms with Crippen LogP contribution in [-0.4, -0.2) is 69.2 Å². The van der Waals surface area contributed by atoms with Gasteiger partial charge in [-0.3, -0.25) is 14.4 Å². The summed E-state index contributed by atoms with van der Waals surface area (Å²) in [6.45, 7) is 3.64. The summed E-state index contributed by atoms with van der Waals surface area (Å²) in [5, 5.41) is 20.4. The van der Waals surface area contributed by atoms with E-state index >= 15 is 0 Å². The SMILES string of the molecule is C=CCN(C(=O)C1N([C@H](CO)c2ccccc2)C(=O)[C@@H]2[C@@H](C(=O)O)[C@H]3CCC12S3)c1ccc(OC)cc1. The number of aliphatic hydroxyl groups is 1. The van der Waals surface area contributed by atoms with Crippen LogP contribution in [0.25, 0.3) is 0 Å². The van der Waals surface area contributed by atoms with E-state index in [1.807, 2.05) is 30.3 Å². The number of amides is 2. The van der Waals surface area contributed by atoms with E-state index in [2.05, 4.69) is 6.58 Å². The number of fused-ring (bicyclic) bond motifs is 1. The molecular weight excluding hydrogens is 492 g/mol. The average molecular weight is 523 g/mol. The van der Waals surface area contributed by atoms with E-state index in [1.54, 1.807) is 42.4 Å². The number of thioether (sulfide) groups is 1. The second-order valence-electron chi connectivity index (χ2n) is 9.68. The van der Waals surface area contributed by atoms with Crippen LogP contribution in [0.5, 0.6) is 5.75 Å². The van der Waals surface area contributed by atoms with E-state index in [0.29, 0.717) is 29.8 Å². The molecule has 2 amide bonds. The van der Waals surface area contributed by atoms with E-state index in [4.69, 9.17) is 4.74 Å². The lowest BCUT2D eigenvalue weighted by Crippen LogP contribution is -2.55. The van der Waals surface area contributed by atoms with E-state index < -0.39 is 41.2 Å². The van der Waals surface area contributed by atoms with Gasteiger partial charge in [0.15, 0.2) is 0 Å². The first kappa shape index (κ1) is 25.4. The number of methoxy groups -OCH3 is 1. The number of carboxylic acids is 1. The second-order valence-corrected chi connectivity index (χ2v) is 11.3. The van der Waals surface area contributed by atoms with Gasteiger partial charge in [-0.05, 0) is 42.7 Å². The molecule has 2 unspecified atom stereocenters. The highest BCUT2D eigenvalue weighted by atomic mass is 32.2. The summed E-state index contributed by atoms with van der Waals surface area (Å²) in [6, 6.07) is 14.4. The molecular formula is C28H30N2O6S. The number of benzene rings is 2. The number of aliphatic carboxylic acids is 1. The Kier molecular flexibility index (Phi) is 6.76. The number of ether oxygens (including phenoxy) is 1. The van der Waals surface area contributed by atoms with E-state index in [0.717, 1.165) is 0 Å². The van der Waals surface area contributed by atoms with Crippen molar-refractivity contribution in [3.8, 4) is 5.75 Å². The number of likely N-dealkylation sites (tertiary alicyclic amines) is 1. The molecule has 0 radical (unpaired) electrons. The normalized spacial score (nSPS) is 28.6. The van der Waals surface area contributed by atoms with Crippen LogP contribution in [0.2, 0.25) is 0 Å². The van der Waals surface area contributed by atoms with Crippen molar-refractivity contribution >= 4 is 35.2 Å². The topological polar surface area (TPSA) is 107 Å². The third-order valence-electron chi connectivity index (χ3n) is 7.91. The fraction of sp³-hybridized carbons (Fsp3) is 0.393. The van der Waals surface area contributed by atoms with Crippen molar-refractivity contribution < 1.29 is 29.3 Å². The molecule has 3 aliphatic heterocycles. The lowest BCUT2D eigenvalue weighted by Gasteiger charge is -2.39. The largest absolute Gasteiger partial charge is 0.497 e. The van der Waals surface area contributed by atoms with Crippen LogP contribution in [0, 0.1) is 11.8 Å². The number of carboxylic acid groups (broad SMARTS) is 1. The molecule has 37 heavy (non-hydrogen) atoms. The number of hydrogen-bond acceptors (Lipinski definition) is 6. The molecule has 3 fully saturated rings. The predicted octanol–water partition coefficient (Wildman–Crippen LogP) is 3.12. The van der Waals surface area contributed by atoms with Gasteiger partial charge in [0.1, 0.15) is 11.8 Å². The van der Waals surface area contributed by atoms with Crippen molar-refractivity contribution in [2.45, 2.75) is 34.9 Å². The standard InChI is InChI=1S/C28H30N2O6S/c1-3-15-29(18-9-11-19(36-2)12-10-18)26(33)24-28-14-13-21(37-28)22(27(34)35)23(28)25(32)30(24)20(16-31)17-7-5-4-6-8-17/h3-12,20-24,31H,1,13-16H2,2H3,(H,34,35)/t20-,21-,22+,23+,24?,28?/m1/s1. The van der Waals surface area contributed by atoms with Gasteiger partial charge >= 0.3 is 5.97 Å². The third-order valence-corrected chi connectivity index (χ3v) is 9.86. The summed E-state index contributed by atoms with van der Waals surface area (Å²) in [5.41, 5.74) is 1.31. The minimum atomic E-state index is -1.01. The number of nitrogens with zero attached hydrogens (tertiary/aromatic N) is 2. The van der Waals surface area contributed by atoms with Gasteiger partial charge in [0.05, 0.1) is 36.3 Å². The quantitative estimate of drug-likeness (QED) is 0.487. The molecule has 2 aromatic rings. The molecule has 2 aromatic carbocycles.